The zero-order valence-corrected chi connectivity index (χ0v) is 17.5. The maximum Gasteiger partial charge on any atom is 0.353 e. The van der Waals surface area contributed by atoms with E-state index in [2.05, 4.69) is 20.6 Å². The second kappa shape index (κ2) is 9.25. The van der Waals surface area contributed by atoms with Crippen LogP contribution < -0.4 is 29.6 Å². The van der Waals surface area contributed by atoms with Gasteiger partial charge in [0.15, 0.2) is 23.0 Å². The fourth-order valence-corrected chi connectivity index (χ4v) is 3.24. The SMILES string of the molecule is COc1ccc(CCNc2ncnc(Nc3ccc4c(c3)OCO4)c2[N+](=O)[O-])cc1OC. The van der Waals surface area contributed by atoms with Gasteiger partial charge in [0.1, 0.15) is 6.33 Å². The summed E-state index contributed by atoms with van der Waals surface area (Å²) >= 11 is 0. The number of hydrogen-bond acceptors (Lipinski definition) is 10. The summed E-state index contributed by atoms with van der Waals surface area (Å²) in [5, 5.41) is 17.8. The Morgan fingerprint density at radius 3 is 2.59 bits per heavy atom. The van der Waals surface area contributed by atoms with Crippen LogP contribution in [0.15, 0.2) is 42.7 Å². The van der Waals surface area contributed by atoms with Gasteiger partial charge in [-0.3, -0.25) is 10.1 Å². The van der Waals surface area contributed by atoms with Crippen molar-refractivity contribution in [2.75, 3.05) is 38.2 Å². The smallest absolute Gasteiger partial charge is 0.353 e. The zero-order valence-electron chi connectivity index (χ0n) is 17.5. The van der Waals surface area contributed by atoms with Crippen molar-refractivity contribution < 1.29 is 23.9 Å². The Kier molecular flexibility index (Phi) is 6.06. The Hall–Kier alpha value is -4.28. The van der Waals surface area contributed by atoms with Gasteiger partial charge in [-0.05, 0) is 36.2 Å². The van der Waals surface area contributed by atoms with Crippen LogP contribution >= 0.6 is 0 Å². The molecule has 1 aliphatic rings. The molecule has 0 fully saturated rings. The van der Waals surface area contributed by atoms with Gasteiger partial charge in [-0.25, -0.2) is 9.97 Å². The number of rotatable bonds is 9. The average Bonchev–Trinajstić information content (AvgIpc) is 3.27. The van der Waals surface area contributed by atoms with Gasteiger partial charge in [0, 0.05) is 18.3 Å². The maximum atomic E-state index is 11.8. The van der Waals surface area contributed by atoms with Gasteiger partial charge < -0.3 is 29.6 Å². The molecule has 1 aromatic heterocycles. The van der Waals surface area contributed by atoms with E-state index in [4.69, 9.17) is 18.9 Å². The quantitative estimate of drug-likeness (QED) is 0.377. The fraction of sp³-hybridized carbons (Fsp3) is 0.238. The molecule has 3 aromatic rings. The Morgan fingerprint density at radius 2 is 1.81 bits per heavy atom. The van der Waals surface area contributed by atoms with Crippen LogP contribution in [0, 0.1) is 10.1 Å². The normalized spacial score (nSPS) is 11.7. The van der Waals surface area contributed by atoms with Crippen molar-refractivity contribution in [1.82, 2.24) is 9.97 Å². The van der Waals surface area contributed by atoms with Gasteiger partial charge in [-0.15, -0.1) is 0 Å². The first-order valence-electron chi connectivity index (χ1n) is 9.70. The number of fused-ring (bicyclic) bond motifs is 1. The van der Waals surface area contributed by atoms with E-state index in [1.807, 2.05) is 18.2 Å². The molecule has 0 amide bonds. The van der Waals surface area contributed by atoms with Crippen molar-refractivity contribution in [3.8, 4) is 23.0 Å². The lowest BCUT2D eigenvalue weighted by atomic mass is 10.1. The van der Waals surface area contributed by atoms with E-state index in [1.165, 1.54) is 6.33 Å². The van der Waals surface area contributed by atoms with Crippen LogP contribution in [0.3, 0.4) is 0 Å². The van der Waals surface area contributed by atoms with Crippen molar-refractivity contribution >= 4 is 23.0 Å². The second-order valence-corrected chi connectivity index (χ2v) is 6.74. The summed E-state index contributed by atoms with van der Waals surface area (Å²) in [6.45, 7) is 0.553. The number of nitrogens with one attached hydrogen (secondary N) is 2. The first-order chi connectivity index (χ1) is 15.6. The molecule has 2 aromatic carbocycles. The standard InChI is InChI=1S/C21H21N5O6/c1-29-15-5-3-13(9-17(15)30-2)7-8-22-20-19(26(27)28)21(24-11-23-20)25-14-4-6-16-18(10-14)32-12-31-16/h3-6,9-11H,7-8,12H2,1-2H3,(H2,22,23,24,25). The van der Waals surface area contributed by atoms with E-state index in [9.17, 15) is 10.1 Å². The minimum absolute atomic E-state index is 0.0671. The van der Waals surface area contributed by atoms with Gasteiger partial charge >= 0.3 is 5.69 Å². The molecule has 0 atom stereocenters. The van der Waals surface area contributed by atoms with E-state index >= 15 is 0 Å². The number of methoxy groups -OCH3 is 2. The molecule has 2 N–H and O–H groups in total. The predicted molar refractivity (Wildman–Crippen MR) is 116 cm³/mol. The summed E-state index contributed by atoms with van der Waals surface area (Å²) in [5.41, 5.74) is 1.30. The van der Waals surface area contributed by atoms with Crippen LogP contribution in [0.1, 0.15) is 5.56 Å². The predicted octanol–water partition coefficient (Wildman–Crippen LogP) is 3.53. The Labute approximate surface area is 183 Å². The summed E-state index contributed by atoms with van der Waals surface area (Å²) < 4.78 is 21.2. The van der Waals surface area contributed by atoms with E-state index < -0.39 is 4.92 Å². The van der Waals surface area contributed by atoms with E-state index in [0.29, 0.717) is 41.7 Å². The van der Waals surface area contributed by atoms with Crippen LogP contribution in [-0.4, -0.2) is 42.4 Å². The highest BCUT2D eigenvalue weighted by Gasteiger charge is 2.24. The molecule has 0 saturated carbocycles. The van der Waals surface area contributed by atoms with Gasteiger partial charge in [-0.2, -0.15) is 0 Å². The second-order valence-electron chi connectivity index (χ2n) is 6.74. The molecule has 0 aliphatic carbocycles. The molecule has 0 unspecified atom stereocenters. The van der Waals surface area contributed by atoms with E-state index in [-0.39, 0.29) is 24.1 Å². The lowest BCUT2D eigenvalue weighted by molar-refractivity contribution is -0.383. The van der Waals surface area contributed by atoms with Crippen LogP contribution in [0.4, 0.5) is 23.0 Å². The molecule has 32 heavy (non-hydrogen) atoms. The number of nitrogens with zero attached hydrogens (tertiary/aromatic N) is 3. The third-order valence-electron chi connectivity index (χ3n) is 4.79. The molecule has 1 aliphatic heterocycles. The molecule has 2 heterocycles. The van der Waals surface area contributed by atoms with Gasteiger partial charge in [-0.1, -0.05) is 6.07 Å². The van der Waals surface area contributed by atoms with Crippen molar-refractivity contribution in [2.45, 2.75) is 6.42 Å². The Bertz CT molecular complexity index is 1140. The highest BCUT2D eigenvalue weighted by molar-refractivity contribution is 5.74. The molecule has 0 radical (unpaired) electrons. The van der Waals surface area contributed by atoms with Gasteiger partial charge in [0.2, 0.25) is 18.4 Å². The van der Waals surface area contributed by atoms with Crippen molar-refractivity contribution in [3.63, 3.8) is 0 Å². The van der Waals surface area contributed by atoms with Crippen LogP contribution in [-0.2, 0) is 6.42 Å². The van der Waals surface area contributed by atoms with Crippen LogP contribution in [0.5, 0.6) is 23.0 Å². The van der Waals surface area contributed by atoms with E-state index in [0.717, 1.165) is 5.56 Å². The summed E-state index contributed by atoms with van der Waals surface area (Å²) in [6, 6.07) is 10.7. The zero-order chi connectivity index (χ0) is 22.5. The average molecular weight is 439 g/mol. The molecule has 0 saturated heterocycles. The highest BCUT2D eigenvalue weighted by Crippen LogP contribution is 2.37. The molecule has 0 bridgehead atoms. The van der Waals surface area contributed by atoms with Gasteiger partial charge in [0.05, 0.1) is 19.1 Å². The molecule has 11 nitrogen and oxygen atoms in total. The minimum atomic E-state index is -0.520. The molecular formula is C21H21N5O6. The molecule has 0 spiro atoms. The van der Waals surface area contributed by atoms with Crippen LogP contribution in [0.2, 0.25) is 0 Å². The number of ether oxygens (including phenoxy) is 4. The minimum Gasteiger partial charge on any atom is -0.493 e. The summed E-state index contributed by atoms with van der Waals surface area (Å²) in [5.74, 6) is 2.61. The Morgan fingerprint density at radius 1 is 1.03 bits per heavy atom. The largest absolute Gasteiger partial charge is 0.493 e. The number of anilines is 3. The first kappa shape index (κ1) is 21.0. The molecule has 11 heteroatoms. The third-order valence-corrected chi connectivity index (χ3v) is 4.79. The van der Waals surface area contributed by atoms with Crippen molar-refractivity contribution in [2.24, 2.45) is 0 Å². The number of nitro groups is 1. The monoisotopic (exact) mass is 439 g/mol. The maximum absolute atomic E-state index is 11.8. The topological polar surface area (TPSA) is 130 Å². The number of aromatic nitrogens is 2. The molecule has 166 valence electrons. The summed E-state index contributed by atoms with van der Waals surface area (Å²) in [7, 11) is 3.14. The number of hydrogen-bond donors (Lipinski definition) is 2. The highest BCUT2D eigenvalue weighted by atomic mass is 16.7. The van der Waals surface area contributed by atoms with Crippen molar-refractivity contribution in [1.29, 1.82) is 0 Å². The molecule has 4 rings (SSSR count). The molecular weight excluding hydrogens is 418 g/mol. The lowest BCUT2D eigenvalue weighted by Crippen LogP contribution is -2.11. The van der Waals surface area contributed by atoms with Gasteiger partial charge in [0.25, 0.3) is 0 Å². The summed E-state index contributed by atoms with van der Waals surface area (Å²) in [4.78, 5) is 19.4. The van der Waals surface area contributed by atoms with Crippen molar-refractivity contribution in [3.05, 3.63) is 58.4 Å². The van der Waals surface area contributed by atoms with Crippen LogP contribution in [0.25, 0.3) is 0 Å². The van der Waals surface area contributed by atoms with E-state index in [1.54, 1.807) is 32.4 Å². The fourth-order valence-electron chi connectivity index (χ4n) is 3.24. The Balaban J connectivity index is 1.49. The number of benzene rings is 2. The first-order valence-corrected chi connectivity index (χ1v) is 9.70. The summed E-state index contributed by atoms with van der Waals surface area (Å²) in [6.07, 6.45) is 1.85. The lowest BCUT2D eigenvalue weighted by Gasteiger charge is -2.12. The third kappa shape index (κ3) is 4.41.